The van der Waals surface area contributed by atoms with Gasteiger partial charge in [0.2, 0.25) is 5.78 Å². The lowest BCUT2D eigenvalue weighted by molar-refractivity contribution is -0.257. The third-order valence-electron chi connectivity index (χ3n) is 5.32. The van der Waals surface area contributed by atoms with Gasteiger partial charge in [-0.15, -0.1) is 0 Å². The molecule has 3 rings (SSSR count). The van der Waals surface area contributed by atoms with E-state index in [0.29, 0.717) is 17.8 Å². The molecule has 0 aliphatic rings. The number of carbonyl (C=O) groups is 1. The smallest absolute Gasteiger partial charge is 0.209 e. The van der Waals surface area contributed by atoms with E-state index in [-0.39, 0.29) is 24.4 Å². The van der Waals surface area contributed by atoms with E-state index in [2.05, 4.69) is 4.89 Å². The summed E-state index contributed by atoms with van der Waals surface area (Å²) in [4.78, 5) is 17.3. The predicted molar refractivity (Wildman–Crippen MR) is 127 cm³/mol. The fourth-order valence-electron chi connectivity index (χ4n) is 3.46. The van der Waals surface area contributed by atoms with Crippen LogP contribution >= 0.6 is 0 Å². The number of nitrogens with zero attached hydrogens (tertiary/aromatic N) is 1. The molecule has 0 aliphatic heterocycles. The lowest BCUT2D eigenvalue weighted by Crippen LogP contribution is -2.28. The Morgan fingerprint density at radius 2 is 1.81 bits per heavy atom. The molecule has 0 unspecified atom stereocenters. The van der Waals surface area contributed by atoms with Crippen LogP contribution in [0.15, 0.2) is 66.9 Å². The van der Waals surface area contributed by atoms with Crippen molar-refractivity contribution in [3.05, 3.63) is 94.8 Å². The van der Waals surface area contributed by atoms with Crippen LogP contribution in [-0.4, -0.2) is 28.3 Å². The molecule has 1 N–H and O–H groups in total. The number of hydrogen-bond donors (Lipinski definition) is 1. The highest BCUT2D eigenvalue weighted by atomic mass is 17.1. The van der Waals surface area contributed by atoms with Crippen molar-refractivity contribution in [1.82, 2.24) is 4.57 Å². The number of aromatic nitrogens is 1. The Balaban J connectivity index is 1.72. The van der Waals surface area contributed by atoms with Gasteiger partial charge in [-0.1, -0.05) is 68.0 Å². The number of aryl methyl sites for hydroxylation is 2. The summed E-state index contributed by atoms with van der Waals surface area (Å²) in [6, 6.07) is 17.3. The molecule has 0 spiro atoms. The molecule has 0 saturated carbocycles. The highest BCUT2D eigenvalue weighted by molar-refractivity contribution is 6.08. The molecule has 1 heterocycles. The van der Waals surface area contributed by atoms with Crippen molar-refractivity contribution in [3.8, 4) is 5.75 Å². The van der Waals surface area contributed by atoms with Crippen LogP contribution in [0.5, 0.6) is 5.75 Å². The van der Waals surface area contributed by atoms with E-state index in [0.717, 1.165) is 22.4 Å². The topological polar surface area (TPSA) is 60.7 Å². The number of ketones is 1. The van der Waals surface area contributed by atoms with E-state index in [1.54, 1.807) is 0 Å². The standard InChI is InChI=1S/C27H31NO4/c1-19(2)26(18-31-30)32-24-9-5-7-22(16-24)8-6-14-28-17-21(4)15-25(28)27(29)23-12-10-20(3)11-13-23/h5-13,15-17,19,26,30H,14,18H2,1-4H3/b8-6+/t26-/m1/s1. The maximum Gasteiger partial charge on any atom is 0.209 e. The molecule has 5 heteroatoms. The largest absolute Gasteiger partial charge is 0.488 e. The molecule has 0 fully saturated rings. The van der Waals surface area contributed by atoms with Crippen molar-refractivity contribution in [2.45, 2.75) is 40.3 Å². The number of allylic oxidation sites excluding steroid dienone is 1. The zero-order valence-electron chi connectivity index (χ0n) is 19.1. The van der Waals surface area contributed by atoms with Crippen LogP contribution in [0.4, 0.5) is 0 Å². The average Bonchev–Trinajstić information content (AvgIpc) is 3.14. The number of benzene rings is 2. The number of carbonyl (C=O) groups excluding carboxylic acids is 1. The summed E-state index contributed by atoms with van der Waals surface area (Å²) < 4.78 is 7.94. The van der Waals surface area contributed by atoms with Crippen LogP contribution in [0.1, 0.15) is 46.6 Å². The maximum absolute atomic E-state index is 13.0. The van der Waals surface area contributed by atoms with Gasteiger partial charge in [0, 0.05) is 18.3 Å². The first-order valence-electron chi connectivity index (χ1n) is 10.8. The van der Waals surface area contributed by atoms with Crippen LogP contribution in [0.25, 0.3) is 6.08 Å². The summed E-state index contributed by atoms with van der Waals surface area (Å²) in [6.07, 6.45) is 5.79. The highest BCUT2D eigenvalue weighted by Crippen LogP contribution is 2.20. The first kappa shape index (κ1) is 23.5. The normalized spacial score (nSPS) is 12.4. The zero-order valence-corrected chi connectivity index (χ0v) is 19.1. The zero-order chi connectivity index (χ0) is 23.1. The van der Waals surface area contributed by atoms with E-state index < -0.39 is 0 Å². The molecule has 168 valence electrons. The minimum absolute atomic E-state index is 0.0210. The van der Waals surface area contributed by atoms with E-state index in [9.17, 15) is 4.79 Å². The summed E-state index contributed by atoms with van der Waals surface area (Å²) in [5.41, 5.74) is 4.54. The first-order valence-corrected chi connectivity index (χ1v) is 10.8. The molecule has 32 heavy (non-hydrogen) atoms. The quantitative estimate of drug-likeness (QED) is 0.244. The summed E-state index contributed by atoms with van der Waals surface area (Å²) in [5, 5.41) is 8.77. The Bertz CT molecular complexity index is 1060. The van der Waals surface area contributed by atoms with Gasteiger partial charge in [0.05, 0.1) is 5.69 Å². The van der Waals surface area contributed by atoms with E-state index in [1.807, 2.05) is 105 Å². The molecule has 5 nitrogen and oxygen atoms in total. The van der Waals surface area contributed by atoms with Gasteiger partial charge < -0.3 is 9.30 Å². The highest BCUT2D eigenvalue weighted by Gasteiger charge is 2.16. The lowest BCUT2D eigenvalue weighted by atomic mass is 10.1. The summed E-state index contributed by atoms with van der Waals surface area (Å²) in [5.74, 6) is 0.936. The van der Waals surface area contributed by atoms with E-state index in [1.165, 1.54) is 0 Å². The van der Waals surface area contributed by atoms with Gasteiger partial charge in [-0.25, -0.2) is 4.89 Å². The predicted octanol–water partition coefficient (Wildman–Crippen LogP) is 5.94. The summed E-state index contributed by atoms with van der Waals surface area (Å²) in [6.45, 7) is 8.73. The lowest BCUT2D eigenvalue weighted by Gasteiger charge is -2.21. The van der Waals surface area contributed by atoms with Gasteiger partial charge in [0.25, 0.3) is 0 Å². The first-order chi connectivity index (χ1) is 15.4. The minimum Gasteiger partial charge on any atom is -0.488 e. The van der Waals surface area contributed by atoms with Crippen LogP contribution in [0.2, 0.25) is 0 Å². The molecule has 2 aromatic carbocycles. The fourth-order valence-corrected chi connectivity index (χ4v) is 3.46. The molecule has 0 amide bonds. The van der Waals surface area contributed by atoms with Crippen LogP contribution in [-0.2, 0) is 11.4 Å². The monoisotopic (exact) mass is 433 g/mol. The number of hydrogen-bond acceptors (Lipinski definition) is 4. The Morgan fingerprint density at radius 1 is 1.06 bits per heavy atom. The molecule has 1 aromatic heterocycles. The molecule has 0 bridgehead atoms. The third-order valence-corrected chi connectivity index (χ3v) is 5.32. The van der Waals surface area contributed by atoms with Gasteiger partial charge >= 0.3 is 0 Å². The Labute approximate surface area is 189 Å². The molecule has 0 radical (unpaired) electrons. The second-order valence-electron chi connectivity index (χ2n) is 8.42. The second-order valence-corrected chi connectivity index (χ2v) is 8.42. The van der Waals surface area contributed by atoms with Crippen molar-refractivity contribution in [2.24, 2.45) is 5.92 Å². The van der Waals surface area contributed by atoms with Gasteiger partial charge in [0.1, 0.15) is 18.5 Å². The van der Waals surface area contributed by atoms with Crippen LogP contribution in [0.3, 0.4) is 0 Å². The Morgan fingerprint density at radius 3 is 2.50 bits per heavy atom. The molecule has 1 atom stereocenters. The molecule has 3 aromatic rings. The van der Waals surface area contributed by atoms with Crippen molar-refractivity contribution in [3.63, 3.8) is 0 Å². The average molecular weight is 434 g/mol. The van der Waals surface area contributed by atoms with Crippen LogP contribution < -0.4 is 4.74 Å². The third kappa shape index (κ3) is 6.19. The van der Waals surface area contributed by atoms with E-state index >= 15 is 0 Å². The molecule has 0 aliphatic carbocycles. The maximum atomic E-state index is 13.0. The van der Waals surface area contributed by atoms with Gasteiger partial charge in [-0.3, -0.25) is 10.1 Å². The second kappa shape index (κ2) is 10.9. The molecular weight excluding hydrogens is 402 g/mol. The van der Waals surface area contributed by atoms with E-state index in [4.69, 9.17) is 9.99 Å². The van der Waals surface area contributed by atoms with Gasteiger partial charge in [-0.2, -0.15) is 0 Å². The number of rotatable bonds is 10. The summed E-state index contributed by atoms with van der Waals surface area (Å²) in [7, 11) is 0. The van der Waals surface area contributed by atoms with Gasteiger partial charge in [0.15, 0.2) is 0 Å². The minimum atomic E-state index is -0.238. The SMILES string of the molecule is Cc1ccc(C(=O)c2cc(C)cn2C/C=C/c2cccc(O[C@H](COO)C(C)C)c2)cc1. The Hall–Kier alpha value is -3.15. The van der Waals surface area contributed by atoms with Crippen molar-refractivity contribution in [1.29, 1.82) is 0 Å². The Kier molecular flexibility index (Phi) is 8.03. The van der Waals surface area contributed by atoms with Crippen molar-refractivity contribution in [2.75, 3.05) is 6.61 Å². The molecular formula is C27H31NO4. The summed E-state index contributed by atoms with van der Waals surface area (Å²) >= 11 is 0. The molecule has 0 saturated heterocycles. The van der Waals surface area contributed by atoms with Gasteiger partial charge in [-0.05, 0) is 49.1 Å². The number of ether oxygens (including phenoxy) is 1. The fraction of sp³-hybridized carbons (Fsp3) is 0.296. The van der Waals surface area contributed by atoms with Crippen molar-refractivity contribution < 1.29 is 19.7 Å². The van der Waals surface area contributed by atoms with Crippen LogP contribution in [0, 0.1) is 19.8 Å². The van der Waals surface area contributed by atoms with Crippen molar-refractivity contribution >= 4 is 11.9 Å².